The molecule has 0 N–H and O–H groups in total. The van der Waals surface area contributed by atoms with E-state index in [-0.39, 0.29) is 5.38 Å². The van der Waals surface area contributed by atoms with Gasteiger partial charge in [0, 0.05) is 5.38 Å². The summed E-state index contributed by atoms with van der Waals surface area (Å²) in [4.78, 5) is 0. The average molecular weight is 297 g/mol. The first kappa shape index (κ1) is 15.5. The van der Waals surface area contributed by atoms with Crippen molar-refractivity contribution in [3.05, 3.63) is 23.8 Å². The first-order valence-corrected chi connectivity index (χ1v) is 8.01. The van der Waals surface area contributed by atoms with Crippen LogP contribution in [0, 0.1) is 5.92 Å². The lowest BCUT2D eigenvalue weighted by Gasteiger charge is -2.14. The van der Waals surface area contributed by atoms with Crippen LogP contribution in [-0.4, -0.2) is 19.6 Å². The zero-order valence-corrected chi connectivity index (χ0v) is 13.3. The molecule has 1 aromatic rings. The lowest BCUT2D eigenvalue weighted by molar-refractivity contribution is 0.354. The van der Waals surface area contributed by atoms with Gasteiger partial charge in [0.05, 0.1) is 14.2 Å². The summed E-state index contributed by atoms with van der Waals surface area (Å²) < 4.78 is 10.6. The number of hydrogen-bond acceptors (Lipinski definition) is 2. The summed E-state index contributed by atoms with van der Waals surface area (Å²) >= 11 is 6.49. The smallest absolute Gasteiger partial charge is 0.160 e. The molecule has 0 bridgehead atoms. The number of benzene rings is 1. The Bertz CT molecular complexity index is 413. The first-order chi connectivity index (χ1) is 9.72. The maximum absolute atomic E-state index is 6.49. The summed E-state index contributed by atoms with van der Waals surface area (Å²) in [5.41, 5.74) is 1.22. The molecule has 1 aliphatic carbocycles. The molecular formula is C17H25ClO2. The fourth-order valence-electron chi connectivity index (χ4n) is 3.08. The van der Waals surface area contributed by atoms with Gasteiger partial charge in [-0.3, -0.25) is 0 Å². The van der Waals surface area contributed by atoms with Crippen LogP contribution in [0.15, 0.2) is 18.2 Å². The molecule has 2 nitrogen and oxygen atoms in total. The molecule has 0 amide bonds. The summed E-state index contributed by atoms with van der Waals surface area (Å²) in [7, 11) is 3.32. The highest BCUT2D eigenvalue weighted by atomic mass is 35.5. The van der Waals surface area contributed by atoms with Crippen molar-refractivity contribution in [1.82, 2.24) is 0 Å². The molecule has 0 heterocycles. The maximum atomic E-state index is 6.49. The van der Waals surface area contributed by atoms with E-state index >= 15 is 0 Å². The molecule has 1 saturated carbocycles. The Morgan fingerprint density at radius 2 is 1.85 bits per heavy atom. The van der Waals surface area contributed by atoms with E-state index in [4.69, 9.17) is 21.1 Å². The predicted octanol–water partition coefficient (Wildman–Crippen LogP) is 4.82. The van der Waals surface area contributed by atoms with Gasteiger partial charge in [-0.15, -0.1) is 11.6 Å². The summed E-state index contributed by atoms with van der Waals surface area (Å²) in [6.07, 6.45) is 8.91. The molecule has 112 valence electrons. The zero-order chi connectivity index (χ0) is 14.4. The van der Waals surface area contributed by atoms with Crippen LogP contribution in [0.2, 0.25) is 0 Å². The van der Waals surface area contributed by atoms with E-state index in [1.54, 1.807) is 14.2 Å². The number of alkyl halides is 1. The second kappa shape index (κ2) is 7.78. The monoisotopic (exact) mass is 296 g/mol. The number of rotatable bonds is 7. The van der Waals surface area contributed by atoms with Gasteiger partial charge in [0.2, 0.25) is 0 Å². The standard InChI is InChI=1S/C17H25ClO2/c1-19-16-10-8-14(12-17(16)20-2)11-15(18)9-7-13-5-3-4-6-13/h8,10,12-13,15H,3-7,9,11H2,1-2H3. The molecule has 0 aromatic heterocycles. The third-order valence-corrected chi connectivity index (χ3v) is 4.64. The number of ether oxygens (including phenoxy) is 2. The van der Waals surface area contributed by atoms with Crippen LogP contribution in [0.3, 0.4) is 0 Å². The molecule has 2 rings (SSSR count). The normalized spacial score (nSPS) is 17.1. The van der Waals surface area contributed by atoms with Crippen molar-refractivity contribution in [3.8, 4) is 11.5 Å². The fraction of sp³-hybridized carbons (Fsp3) is 0.647. The van der Waals surface area contributed by atoms with E-state index in [0.29, 0.717) is 0 Å². The van der Waals surface area contributed by atoms with Crippen LogP contribution in [0.1, 0.15) is 44.1 Å². The van der Waals surface area contributed by atoms with Crippen LogP contribution in [0.5, 0.6) is 11.5 Å². The topological polar surface area (TPSA) is 18.5 Å². The Kier molecular flexibility index (Phi) is 6.03. The Morgan fingerprint density at radius 1 is 1.15 bits per heavy atom. The SMILES string of the molecule is COc1ccc(CC(Cl)CCC2CCCC2)cc1OC. The molecule has 1 unspecified atom stereocenters. The highest BCUT2D eigenvalue weighted by molar-refractivity contribution is 6.20. The number of halogens is 1. The fourth-order valence-corrected chi connectivity index (χ4v) is 3.39. The molecule has 1 atom stereocenters. The van der Waals surface area contributed by atoms with Gasteiger partial charge in [-0.05, 0) is 42.9 Å². The third-order valence-electron chi connectivity index (χ3n) is 4.27. The number of methoxy groups -OCH3 is 2. The first-order valence-electron chi connectivity index (χ1n) is 7.58. The van der Waals surface area contributed by atoms with E-state index in [0.717, 1.165) is 30.3 Å². The van der Waals surface area contributed by atoms with Gasteiger partial charge in [0.25, 0.3) is 0 Å². The minimum absolute atomic E-state index is 0.216. The van der Waals surface area contributed by atoms with Crippen molar-refractivity contribution < 1.29 is 9.47 Å². The van der Waals surface area contributed by atoms with Crippen LogP contribution in [0.25, 0.3) is 0 Å². The van der Waals surface area contributed by atoms with E-state index in [9.17, 15) is 0 Å². The van der Waals surface area contributed by atoms with Crippen molar-refractivity contribution in [3.63, 3.8) is 0 Å². The second-order valence-electron chi connectivity index (χ2n) is 5.72. The summed E-state index contributed by atoms with van der Waals surface area (Å²) in [5, 5.41) is 0.216. The Balaban J connectivity index is 1.85. The van der Waals surface area contributed by atoms with Gasteiger partial charge < -0.3 is 9.47 Å². The van der Waals surface area contributed by atoms with Crippen molar-refractivity contribution in [2.24, 2.45) is 5.92 Å². The van der Waals surface area contributed by atoms with Crippen LogP contribution >= 0.6 is 11.6 Å². The zero-order valence-electron chi connectivity index (χ0n) is 12.5. The Morgan fingerprint density at radius 3 is 2.50 bits per heavy atom. The quantitative estimate of drug-likeness (QED) is 0.671. The summed E-state index contributed by atoms with van der Waals surface area (Å²) in [5.74, 6) is 2.47. The van der Waals surface area contributed by atoms with Gasteiger partial charge in [0.15, 0.2) is 11.5 Å². The second-order valence-corrected chi connectivity index (χ2v) is 6.34. The maximum Gasteiger partial charge on any atom is 0.160 e. The highest BCUT2D eigenvalue weighted by Crippen LogP contribution is 2.31. The Hall–Kier alpha value is -0.890. The van der Waals surface area contributed by atoms with Gasteiger partial charge in [-0.1, -0.05) is 31.7 Å². The van der Waals surface area contributed by atoms with E-state index < -0.39 is 0 Å². The largest absolute Gasteiger partial charge is 0.493 e. The van der Waals surface area contributed by atoms with Crippen molar-refractivity contribution >= 4 is 11.6 Å². The predicted molar refractivity (Wildman–Crippen MR) is 84.1 cm³/mol. The average Bonchev–Trinajstić information content (AvgIpc) is 2.98. The highest BCUT2D eigenvalue weighted by Gasteiger charge is 2.17. The van der Waals surface area contributed by atoms with Crippen LogP contribution in [-0.2, 0) is 6.42 Å². The minimum atomic E-state index is 0.216. The van der Waals surface area contributed by atoms with E-state index in [1.165, 1.54) is 37.7 Å². The van der Waals surface area contributed by atoms with Crippen LogP contribution < -0.4 is 9.47 Å². The van der Waals surface area contributed by atoms with E-state index in [2.05, 4.69) is 6.07 Å². The summed E-state index contributed by atoms with van der Waals surface area (Å²) in [6, 6.07) is 6.06. The van der Waals surface area contributed by atoms with Gasteiger partial charge >= 0.3 is 0 Å². The molecule has 1 fully saturated rings. The molecule has 1 aliphatic rings. The molecule has 1 aromatic carbocycles. The molecule has 0 saturated heterocycles. The van der Waals surface area contributed by atoms with Gasteiger partial charge in [0.1, 0.15) is 0 Å². The molecule has 0 spiro atoms. The lowest BCUT2D eigenvalue weighted by Crippen LogP contribution is -2.06. The Labute approximate surface area is 127 Å². The van der Waals surface area contributed by atoms with Crippen LogP contribution in [0.4, 0.5) is 0 Å². The number of hydrogen-bond donors (Lipinski definition) is 0. The van der Waals surface area contributed by atoms with E-state index in [1.807, 2.05) is 12.1 Å². The van der Waals surface area contributed by atoms with Crippen molar-refractivity contribution in [2.75, 3.05) is 14.2 Å². The summed E-state index contributed by atoms with van der Waals surface area (Å²) in [6.45, 7) is 0. The molecule has 3 heteroatoms. The molecule has 0 radical (unpaired) electrons. The molecule has 20 heavy (non-hydrogen) atoms. The molecular weight excluding hydrogens is 272 g/mol. The lowest BCUT2D eigenvalue weighted by atomic mass is 9.98. The van der Waals surface area contributed by atoms with Gasteiger partial charge in [-0.2, -0.15) is 0 Å². The minimum Gasteiger partial charge on any atom is -0.493 e. The van der Waals surface area contributed by atoms with Crippen molar-refractivity contribution in [2.45, 2.75) is 50.3 Å². The third kappa shape index (κ3) is 4.31. The van der Waals surface area contributed by atoms with Gasteiger partial charge in [-0.25, -0.2) is 0 Å². The molecule has 0 aliphatic heterocycles. The van der Waals surface area contributed by atoms with Crippen molar-refractivity contribution in [1.29, 1.82) is 0 Å².